The molecule has 1 saturated heterocycles. The second kappa shape index (κ2) is 5.56. The van der Waals surface area contributed by atoms with Gasteiger partial charge in [-0.25, -0.2) is 9.38 Å². The van der Waals surface area contributed by atoms with Crippen molar-refractivity contribution in [3.8, 4) is 11.1 Å². The molecule has 0 N–H and O–H groups in total. The molecule has 0 unspecified atom stereocenters. The number of halogens is 1. The molecule has 2 heterocycles. The minimum Gasteiger partial charge on any atom is -0.356 e. The number of nitrogens with zero attached hydrogens (tertiary/aromatic N) is 2. The van der Waals surface area contributed by atoms with Gasteiger partial charge in [0.2, 0.25) is 0 Å². The molecule has 0 radical (unpaired) electrons. The van der Waals surface area contributed by atoms with Crippen molar-refractivity contribution in [3.63, 3.8) is 0 Å². The van der Waals surface area contributed by atoms with E-state index in [0.29, 0.717) is 0 Å². The third kappa shape index (κ3) is 2.52. The molecule has 2 aromatic rings. The van der Waals surface area contributed by atoms with Gasteiger partial charge in [0, 0.05) is 19.5 Å². The van der Waals surface area contributed by atoms with Gasteiger partial charge in [-0.2, -0.15) is 0 Å². The van der Waals surface area contributed by atoms with Crippen molar-refractivity contribution >= 4 is 11.5 Å². The number of hydrogen-bond donors (Lipinski definition) is 0. The summed E-state index contributed by atoms with van der Waals surface area (Å²) in [5.41, 5.74) is 4.50. The smallest absolute Gasteiger partial charge is 0.123 e. The van der Waals surface area contributed by atoms with Gasteiger partial charge in [0.25, 0.3) is 0 Å². The number of rotatable bonds is 1. The molecule has 0 aliphatic carbocycles. The number of benzene rings is 2. The molecule has 0 saturated carbocycles. The Kier molecular flexibility index (Phi) is 3.41. The van der Waals surface area contributed by atoms with Crippen molar-refractivity contribution in [2.45, 2.75) is 32.2 Å². The fourth-order valence-electron chi connectivity index (χ4n) is 3.31. The van der Waals surface area contributed by atoms with E-state index >= 15 is 0 Å². The van der Waals surface area contributed by atoms with E-state index in [0.717, 1.165) is 36.3 Å². The summed E-state index contributed by atoms with van der Waals surface area (Å²) in [4.78, 5) is 7.32. The molecule has 0 amide bonds. The number of hydrogen-bond acceptors (Lipinski definition) is 2. The maximum Gasteiger partial charge on any atom is 0.123 e. The summed E-state index contributed by atoms with van der Waals surface area (Å²) < 4.78 is 13.1. The second-order valence-corrected chi connectivity index (χ2v) is 6.11. The Bertz CT molecular complexity index is 719. The lowest BCUT2D eigenvalue weighted by Gasteiger charge is -2.29. The molecule has 3 heteroatoms. The SMILES string of the molecule is Fc1ccc(-c2ccc3c(c2)N=C2CCCCCN2C3)cc1. The summed E-state index contributed by atoms with van der Waals surface area (Å²) in [6.07, 6.45) is 4.89. The van der Waals surface area contributed by atoms with Crippen LogP contribution in [0.15, 0.2) is 47.5 Å². The Morgan fingerprint density at radius 3 is 2.59 bits per heavy atom. The summed E-state index contributed by atoms with van der Waals surface area (Å²) in [6.45, 7) is 2.09. The van der Waals surface area contributed by atoms with Gasteiger partial charge in [0.05, 0.1) is 5.69 Å². The molecule has 112 valence electrons. The molecule has 0 atom stereocenters. The van der Waals surface area contributed by atoms with Crippen molar-refractivity contribution in [2.75, 3.05) is 6.54 Å². The van der Waals surface area contributed by atoms with E-state index in [1.165, 1.54) is 42.8 Å². The largest absolute Gasteiger partial charge is 0.356 e. The minimum atomic E-state index is -0.198. The maximum absolute atomic E-state index is 13.1. The quantitative estimate of drug-likeness (QED) is 0.729. The van der Waals surface area contributed by atoms with E-state index in [-0.39, 0.29) is 5.82 Å². The Hall–Kier alpha value is -2.16. The van der Waals surface area contributed by atoms with Crippen LogP contribution in [0.4, 0.5) is 10.1 Å². The monoisotopic (exact) mass is 294 g/mol. The first-order valence-electron chi connectivity index (χ1n) is 8.01. The third-order valence-electron chi connectivity index (χ3n) is 4.57. The highest BCUT2D eigenvalue weighted by Gasteiger charge is 2.21. The van der Waals surface area contributed by atoms with Crippen LogP contribution >= 0.6 is 0 Å². The van der Waals surface area contributed by atoms with E-state index in [1.807, 2.05) is 12.1 Å². The molecule has 4 rings (SSSR count). The topological polar surface area (TPSA) is 15.6 Å². The van der Waals surface area contributed by atoms with Crippen LogP contribution in [0, 0.1) is 5.82 Å². The van der Waals surface area contributed by atoms with E-state index in [4.69, 9.17) is 4.99 Å². The lowest BCUT2D eigenvalue weighted by molar-refractivity contribution is 0.403. The van der Waals surface area contributed by atoms with Gasteiger partial charge in [-0.3, -0.25) is 0 Å². The zero-order valence-corrected chi connectivity index (χ0v) is 12.6. The van der Waals surface area contributed by atoms with Crippen molar-refractivity contribution in [3.05, 3.63) is 53.8 Å². The van der Waals surface area contributed by atoms with E-state index in [2.05, 4.69) is 23.1 Å². The predicted octanol–water partition coefficient (Wildman–Crippen LogP) is 4.91. The highest BCUT2D eigenvalue weighted by molar-refractivity contribution is 5.88. The zero-order chi connectivity index (χ0) is 14.9. The van der Waals surface area contributed by atoms with Gasteiger partial charge in [-0.15, -0.1) is 0 Å². The molecule has 1 fully saturated rings. The Balaban J connectivity index is 1.71. The van der Waals surface area contributed by atoms with Crippen LogP contribution in [0.5, 0.6) is 0 Å². The normalized spacial score (nSPS) is 17.3. The van der Waals surface area contributed by atoms with Crippen LogP contribution in [0.1, 0.15) is 31.2 Å². The zero-order valence-electron chi connectivity index (χ0n) is 12.6. The summed E-state index contributed by atoms with van der Waals surface area (Å²) in [5.74, 6) is 1.04. The summed E-state index contributed by atoms with van der Waals surface area (Å²) >= 11 is 0. The summed E-state index contributed by atoms with van der Waals surface area (Å²) in [5, 5.41) is 0. The Morgan fingerprint density at radius 2 is 1.73 bits per heavy atom. The van der Waals surface area contributed by atoms with Gasteiger partial charge in [-0.05, 0) is 47.7 Å². The van der Waals surface area contributed by atoms with Crippen LogP contribution < -0.4 is 0 Å². The minimum absolute atomic E-state index is 0.198. The van der Waals surface area contributed by atoms with Crippen molar-refractivity contribution < 1.29 is 4.39 Å². The third-order valence-corrected chi connectivity index (χ3v) is 4.57. The standard InChI is InChI=1S/C19H19FN2/c20-17-9-7-14(8-10-17)15-5-6-16-13-22-11-3-1-2-4-19(22)21-18(16)12-15/h5-10,12H,1-4,11,13H2. The molecule has 2 aliphatic heterocycles. The molecule has 2 aromatic carbocycles. The van der Waals surface area contributed by atoms with Crippen LogP contribution in [-0.4, -0.2) is 17.3 Å². The Labute approximate surface area is 130 Å². The van der Waals surface area contributed by atoms with Crippen LogP contribution in [0.25, 0.3) is 11.1 Å². The van der Waals surface area contributed by atoms with Gasteiger partial charge in [-0.1, -0.05) is 30.7 Å². The molecular weight excluding hydrogens is 275 g/mol. The molecule has 2 nitrogen and oxygen atoms in total. The second-order valence-electron chi connectivity index (χ2n) is 6.11. The van der Waals surface area contributed by atoms with Gasteiger partial charge >= 0.3 is 0 Å². The molecule has 2 aliphatic rings. The highest BCUT2D eigenvalue weighted by atomic mass is 19.1. The van der Waals surface area contributed by atoms with E-state index < -0.39 is 0 Å². The molecule has 0 spiro atoms. The first kappa shape index (κ1) is 13.5. The number of fused-ring (bicyclic) bond motifs is 2. The first-order valence-corrected chi connectivity index (χ1v) is 8.01. The van der Waals surface area contributed by atoms with E-state index in [9.17, 15) is 4.39 Å². The van der Waals surface area contributed by atoms with Gasteiger partial charge in [0.15, 0.2) is 0 Å². The van der Waals surface area contributed by atoms with Gasteiger partial charge < -0.3 is 4.90 Å². The molecular formula is C19H19FN2. The average Bonchev–Trinajstić information content (AvgIpc) is 2.77. The molecule has 0 aromatic heterocycles. The lowest BCUT2D eigenvalue weighted by Crippen LogP contribution is -2.32. The van der Waals surface area contributed by atoms with Crippen molar-refractivity contribution in [1.82, 2.24) is 4.90 Å². The van der Waals surface area contributed by atoms with Gasteiger partial charge in [0.1, 0.15) is 11.7 Å². The van der Waals surface area contributed by atoms with Crippen LogP contribution in [0.2, 0.25) is 0 Å². The number of amidine groups is 1. The highest BCUT2D eigenvalue weighted by Crippen LogP contribution is 2.33. The van der Waals surface area contributed by atoms with Crippen LogP contribution in [0.3, 0.4) is 0 Å². The fraction of sp³-hybridized carbons (Fsp3) is 0.316. The van der Waals surface area contributed by atoms with Crippen molar-refractivity contribution in [2.24, 2.45) is 4.99 Å². The van der Waals surface area contributed by atoms with Crippen LogP contribution in [-0.2, 0) is 6.54 Å². The van der Waals surface area contributed by atoms with Crippen molar-refractivity contribution in [1.29, 1.82) is 0 Å². The summed E-state index contributed by atoms with van der Waals surface area (Å²) in [7, 11) is 0. The number of aliphatic imine (C=N–C) groups is 1. The fourth-order valence-corrected chi connectivity index (χ4v) is 3.31. The first-order chi connectivity index (χ1) is 10.8. The Morgan fingerprint density at radius 1 is 0.909 bits per heavy atom. The molecule has 0 bridgehead atoms. The lowest BCUT2D eigenvalue weighted by atomic mass is 10.0. The molecule has 22 heavy (non-hydrogen) atoms. The summed E-state index contributed by atoms with van der Waals surface area (Å²) in [6, 6.07) is 13.1. The predicted molar refractivity (Wildman–Crippen MR) is 87.8 cm³/mol. The van der Waals surface area contributed by atoms with E-state index in [1.54, 1.807) is 0 Å². The maximum atomic E-state index is 13.1. The average molecular weight is 294 g/mol.